The van der Waals surface area contributed by atoms with E-state index in [1.165, 1.54) is 24.0 Å². The third kappa shape index (κ3) is 2.54. The van der Waals surface area contributed by atoms with Crippen LogP contribution in [0.3, 0.4) is 0 Å². The van der Waals surface area contributed by atoms with Crippen LogP contribution in [0.2, 0.25) is 0 Å². The van der Waals surface area contributed by atoms with Crippen molar-refractivity contribution in [1.82, 2.24) is 15.2 Å². The molecule has 0 radical (unpaired) electrons. The minimum Gasteiger partial charge on any atom is -0.330 e. The molecule has 0 bridgehead atoms. The van der Waals surface area contributed by atoms with Gasteiger partial charge in [0.25, 0.3) is 0 Å². The molecule has 100 valence electrons. The highest BCUT2D eigenvalue weighted by Gasteiger charge is 2.24. The van der Waals surface area contributed by atoms with Crippen molar-refractivity contribution in [2.75, 3.05) is 6.54 Å². The molecule has 1 aromatic carbocycles. The molecular formula is C15H20N4. The molecular weight excluding hydrogens is 236 g/mol. The largest absolute Gasteiger partial charge is 0.330 e. The number of benzene rings is 1. The first-order valence-corrected chi connectivity index (χ1v) is 7.07. The molecule has 2 aromatic rings. The maximum Gasteiger partial charge on any atom is 0.158 e. The molecule has 1 unspecified atom stereocenters. The predicted octanol–water partition coefficient (Wildman–Crippen LogP) is 2.16. The Hall–Kier alpha value is -1.68. The van der Waals surface area contributed by atoms with Crippen LogP contribution < -0.4 is 5.73 Å². The van der Waals surface area contributed by atoms with Crippen LogP contribution in [0, 0.1) is 0 Å². The van der Waals surface area contributed by atoms with Crippen LogP contribution in [-0.4, -0.2) is 21.7 Å². The molecule has 3 rings (SSSR count). The predicted molar refractivity (Wildman–Crippen MR) is 75.0 cm³/mol. The number of aromatic nitrogens is 3. The van der Waals surface area contributed by atoms with E-state index in [1.54, 1.807) is 0 Å². The Bertz CT molecular complexity index is 547. The van der Waals surface area contributed by atoms with E-state index < -0.39 is 0 Å². The molecule has 19 heavy (non-hydrogen) atoms. The van der Waals surface area contributed by atoms with Gasteiger partial charge in [-0.1, -0.05) is 24.3 Å². The van der Waals surface area contributed by atoms with E-state index in [0.29, 0.717) is 12.5 Å². The summed E-state index contributed by atoms with van der Waals surface area (Å²) >= 11 is 0. The molecule has 3 N–H and O–H groups in total. The molecule has 0 saturated carbocycles. The maximum atomic E-state index is 5.53. The van der Waals surface area contributed by atoms with Gasteiger partial charge in [-0.2, -0.15) is 5.10 Å². The van der Waals surface area contributed by atoms with Crippen LogP contribution in [0.1, 0.15) is 48.0 Å². The van der Waals surface area contributed by atoms with Crippen LogP contribution in [0.5, 0.6) is 0 Å². The van der Waals surface area contributed by atoms with Gasteiger partial charge in [0.2, 0.25) is 0 Å². The van der Waals surface area contributed by atoms with Crippen LogP contribution in [0.25, 0.3) is 0 Å². The molecule has 0 aliphatic heterocycles. The summed E-state index contributed by atoms with van der Waals surface area (Å²) in [6, 6.07) is 8.67. The van der Waals surface area contributed by atoms with Crippen molar-refractivity contribution in [2.24, 2.45) is 5.73 Å². The Morgan fingerprint density at radius 1 is 1.32 bits per heavy atom. The number of nitrogens with two attached hydrogens (primary N) is 1. The monoisotopic (exact) mass is 256 g/mol. The molecule has 0 fully saturated rings. The average molecular weight is 256 g/mol. The summed E-state index contributed by atoms with van der Waals surface area (Å²) < 4.78 is 0. The number of aryl methyl sites for hydroxylation is 2. The molecule has 1 aliphatic rings. The summed E-state index contributed by atoms with van der Waals surface area (Å²) in [5.41, 5.74) is 8.38. The standard InChI is InChI=1S/C15H20N4/c16-10-4-9-14-17-15(19-18-14)13-8-3-6-11-5-1-2-7-12(11)13/h1-2,5,7,13H,3-4,6,8-10,16H2,(H,17,18,19). The molecule has 1 aliphatic carbocycles. The highest BCUT2D eigenvalue weighted by atomic mass is 15.2. The Morgan fingerprint density at radius 3 is 3.11 bits per heavy atom. The number of nitrogens with one attached hydrogen (secondary N) is 1. The lowest BCUT2D eigenvalue weighted by Crippen LogP contribution is -2.12. The summed E-state index contributed by atoms with van der Waals surface area (Å²) in [6.07, 6.45) is 5.38. The van der Waals surface area contributed by atoms with Crippen molar-refractivity contribution >= 4 is 0 Å². The highest BCUT2D eigenvalue weighted by molar-refractivity contribution is 5.36. The zero-order valence-electron chi connectivity index (χ0n) is 11.1. The third-order valence-electron chi connectivity index (χ3n) is 3.85. The second-order valence-corrected chi connectivity index (χ2v) is 5.18. The topological polar surface area (TPSA) is 67.6 Å². The average Bonchev–Trinajstić information content (AvgIpc) is 2.93. The van der Waals surface area contributed by atoms with Crippen molar-refractivity contribution < 1.29 is 0 Å². The van der Waals surface area contributed by atoms with Crippen LogP contribution in [0.4, 0.5) is 0 Å². The highest BCUT2D eigenvalue weighted by Crippen LogP contribution is 2.34. The van der Waals surface area contributed by atoms with E-state index in [2.05, 4.69) is 39.4 Å². The number of hydrogen-bond acceptors (Lipinski definition) is 3. The van der Waals surface area contributed by atoms with Crippen molar-refractivity contribution in [3.63, 3.8) is 0 Å². The molecule has 0 spiro atoms. The minimum absolute atomic E-state index is 0.354. The number of rotatable bonds is 4. The van der Waals surface area contributed by atoms with Crippen LogP contribution >= 0.6 is 0 Å². The fourth-order valence-electron chi connectivity index (χ4n) is 2.87. The molecule has 0 saturated heterocycles. The Morgan fingerprint density at radius 2 is 2.21 bits per heavy atom. The number of hydrogen-bond donors (Lipinski definition) is 2. The summed E-state index contributed by atoms with van der Waals surface area (Å²) in [5, 5.41) is 7.47. The number of aromatic amines is 1. The van der Waals surface area contributed by atoms with E-state index in [-0.39, 0.29) is 0 Å². The van der Waals surface area contributed by atoms with Gasteiger partial charge >= 0.3 is 0 Å². The fraction of sp³-hybridized carbons (Fsp3) is 0.467. The second-order valence-electron chi connectivity index (χ2n) is 5.18. The van der Waals surface area contributed by atoms with E-state index in [1.807, 2.05) is 0 Å². The lowest BCUT2D eigenvalue weighted by Gasteiger charge is -2.23. The van der Waals surface area contributed by atoms with Gasteiger partial charge in [-0.25, -0.2) is 4.98 Å². The van der Waals surface area contributed by atoms with Gasteiger partial charge in [-0.3, -0.25) is 5.10 Å². The van der Waals surface area contributed by atoms with Gasteiger partial charge in [0.15, 0.2) is 5.82 Å². The summed E-state index contributed by atoms with van der Waals surface area (Å²) in [4.78, 5) is 4.65. The number of fused-ring (bicyclic) bond motifs is 1. The first-order valence-electron chi connectivity index (χ1n) is 7.07. The first kappa shape index (κ1) is 12.4. The van der Waals surface area contributed by atoms with Crippen molar-refractivity contribution in [3.05, 3.63) is 47.0 Å². The fourth-order valence-corrected chi connectivity index (χ4v) is 2.87. The van der Waals surface area contributed by atoms with Crippen LogP contribution in [-0.2, 0) is 12.8 Å². The van der Waals surface area contributed by atoms with Gasteiger partial charge < -0.3 is 5.73 Å². The molecule has 4 heteroatoms. The van der Waals surface area contributed by atoms with Crippen molar-refractivity contribution in [3.8, 4) is 0 Å². The van der Waals surface area contributed by atoms with E-state index in [4.69, 9.17) is 5.73 Å². The van der Waals surface area contributed by atoms with Gasteiger partial charge in [0, 0.05) is 12.3 Å². The number of nitrogens with zero attached hydrogens (tertiary/aromatic N) is 2. The third-order valence-corrected chi connectivity index (χ3v) is 3.85. The van der Waals surface area contributed by atoms with Gasteiger partial charge in [0.05, 0.1) is 0 Å². The van der Waals surface area contributed by atoms with E-state index in [0.717, 1.165) is 30.9 Å². The molecule has 1 atom stereocenters. The zero-order chi connectivity index (χ0) is 13.1. The SMILES string of the molecule is NCCCc1nc(C2CCCc3ccccc32)n[nH]1. The van der Waals surface area contributed by atoms with Gasteiger partial charge in [-0.15, -0.1) is 0 Å². The maximum absolute atomic E-state index is 5.53. The summed E-state index contributed by atoms with van der Waals surface area (Å²) in [7, 11) is 0. The zero-order valence-corrected chi connectivity index (χ0v) is 11.1. The van der Waals surface area contributed by atoms with E-state index in [9.17, 15) is 0 Å². The minimum atomic E-state index is 0.354. The quantitative estimate of drug-likeness (QED) is 0.881. The Labute approximate surface area is 113 Å². The smallest absolute Gasteiger partial charge is 0.158 e. The normalized spacial score (nSPS) is 18.3. The lowest BCUT2D eigenvalue weighted by atomic mass is 9.82. The Balaban J connectivity index is 1.85. The molecule has 1 aromatic heterocycles. The lowest BCUT2D eigenvalue weighted by molar-refractivity contribution is 0.592. The molecule has 4 nitrogen and oxygen atoms in total. The van der Waals surface area contributed by atoms with E-state index >= 15 is 0 Å². The first-order chi connectivity index (χ1) is 9.38. The Kier molecular flexibility index (Phi) is 3.60. The summed E-state index contributed by atoms with van der Waals surface area (Å²) in [5.74, 6) is 2.26. The molecule has 1 heterocycles. The molecule has 0 amide bonds. The van der Waals surface area contributed by atoms with Crippen molar-refractivity contribution in [1.29, 1.82) is 0 Å². The van der Waals surface area contributed by atoms with Gasteiger partial charge in [-0.05, 0) is 43.4 Å². The van der Waals surface area contributed by atoms with Crippen molar-refractivity contribution in [2.45, 2.75) is 38.0 Å². The second kappa shape index (κ2) is 5.53. The van der Waals surface area contributed by atoms with Crippen LogP contribution in [0.15, 0.2) is 24.3 Å². The summed E-state index contributed by atoms with van der Waals surface area (Å²) in [6.45, 7) is 0.697. The number of H-pyrrole nitrogens is 1. The van der Waals surface area contributed by atoms with Gasteiger partial charge in [0.1, 0.15) is 5.82 Å².